The van der Waals surface area contributed by atoms with E-state index in [9.17, 15) is 10.2 Å². The maximum atomic E-state index is 10.2. The zero-order valence-corrected chi connectivity index (χ0v) is 13.6. The van der Waals surface area contributed by atoms with Crippen LogP contribution in [0.2, 0.25) is 0 Å². The first kappa shape index (κ1) is 14.1. The van der Waals surface area contributed by atoms with E-state index in [0.29, 0.717) is 18.0 Å². The summed E-state index contributed by atoms with van der Waals surface area (Å²) in [5.41, 5.74) is 14.1. The van der Waals surface area contributed by atoms with E-state index in [1.165, 1.54) is 5.69 Å². The predicted molar refractivity (Wildman–Crippen MR) is 92.1 cm³/mol. The molecule has 0 aliphatic carbocycles. The third-order valence-corrected chi connectivity index (χ3v) is 5.21. The van der Waals surface area contributed by atoms with Crippen LogP contribution in [0.3, 0.4) is 0 Å². The molecule has 0 saturated heterocycles. The Morgan fingerprint density at radius 1 is 0.913 bits per heavy atom. The van der Waals surface area contributed by atoms with Gasteiger partial charge in [0.1, 0.15) is 11.5 Å². The second-order valence-electron chi connectivity index (χ2n) is 6.64. The lowest BCUT2D eigenvalue weighted by Crippen LogP contribution is -2.47. The lowest BCUT2D eigenvalue weighted by Gasteiger charge is -2.46. The summed E-state index contributed by atoms with van der Waals surface area (Å²) in [6.07, 6.45) is 0. The number of nitrogens with zero attached hydrogens (tertiary/aromatic N) is 2. The van der Waals surface area contributed by atoms with E-state index >= 15 is 0 Å². The molecule has 2 aromatic carbocycles. The van der Waals surface area contributed by atoms with Gasteiger partial charge in [0.25, 0.3) is 0 Å². The summed E-state index contributed by atoms with van der Waals surface area (Å²) in [4.78, 5) is 4.54. The molecule has 4 N–H and O–H groups in total. The fraction of sp³-hybridized carbons (Fsp3) is 0.333. The summed E-state index contributed by atoms with van der Waals surface area (Å²) < 4.78 is 0. The molecule has 0 amide bonds. The van der Waals surface area contributed by atoms with Crippen molar-refractivity contribution >= 4 is 17.1 Å². The number of aromatic hydroxyl groups is 2. The Kier molecular flexibility index (Phi) is 2.73. The van der Waals surface area contributed by atoms with Crippen LogP contribution in [0.15, 0.2) is 12.1 Å². The normalized spacial score (nSPS) is 15.4. The highest BCUT2D eigenvalue weighted by atomic mass is 16.3. The molecule has 0 saturated carbocycles. The zero-order valence-electron chi connectivity index (χ0n) is 13.6. The maximum Gasteiger partial charge on any atom is 0.139 e. The fourth-order valence-corrected chi connectivity index (χ4v) is 3.99. The van der Waals surface area contributed by atoms with Gasteiger partial charge in [-0.25, -0.2) is 0 Å². The van der Waals surface area contributed by atoms with E-state index in [-0.39, 0.29) is 5.75 Å². The van der Waals surface area contributed by atoms with Crippen LogP contribution in [0, 0.1) is 20.8 Å². The quantitative estimate of drug-likeness (QED) is 0.515. The predicted octanol–water partition coefficient (Wildman–Crippen LogP) is 2.90. The highest BCUT2D eigenvalue weighted by Gasteiger charge is 2.34. The van der Waals surface area contributed by atoms with Gasteiger partial charge in [-0.05, 0) is 55.2 Å². The zero-order chi connectivity index (χ0) is 16.5. The number of phenols is 2. The Morgan fingerprint density at radius 3 is 2.35 bits per heavy atom. The van der Waals surface area contributed by atoms with Crippen molar-refractivity contribution in [2.75, 3.05) is 22.2 Å². The molecular formula is C18H21N3O2. The lowest BCUT2D eigenvalue weighted by atomic mass is 9.93. The Labute approximate surface area is 135 Å². The van der Waals surface area contributed by atoms with Crippen LogP contribution in [0.25, 0.3) is 0 Å². The maximum absolute atomic E-state index is 10.2. The van der Waals surface area contributed by atoms with E-state index < -0.39 is 0 Å². The summed E-state index contributed by atoms with van der Waals surface area (Å²) in [5, 5.41) is 20.2. The van der Waals surface area contributed by atoms with Gasteiger partial charge >= 0.3 is 0 Å². The third-order valence-electron chi connectivity index (χ3n) is 5.21. The molecule has 2 bridgehead atoms. The highest BCUT2D eigenvalue weighted by Crippen LogP contribution is 2.46. The van der Waals surface area contributed by atoms with Gasteiger partial charge in [-0.3, -0.25) is 0 Å². The molecule has 2 aromatic rings. The summed E-state index contributed by atoms with van der Waals surface area (Å²) in [6.45, 7) is 8.20. The van der Waals surface area contributed by atoms with E-state index in [1.807, 2.05) is 19.9 Å². The molecule has 2 aliphatic heterocycles. The number of rotatable bonds is 0. The monoisotopic (exact) mass is 311 g/mol. The topological polar surface area (TPSA) is 73.0 Å². The Hall–Kier alpha value is -2.56. The number of nitrogen functional groups attached to an aromatic ring is 1. The first-order valence-electron chi connectivity index (χ1n) is 7.81. The summed E-state index contributed by atoms with van der Waals surface area (Å²) in [7, 11) is 0. The van der Waals surface area contributed by atoms with Gasteiger partial charge in [0.15, 0.2) is 0 Å². The second kappa shape index (κ2) is 4.47. The number of anilines is 3. The van der Waals surface area contributed by atoms with Crippen LogP contribution in [0.4, 0.5) is 17.1 Å². The smallest absolute Gasteiger partial charge is 0.139 e. The van der Waals surface area contributed by atoms with Gasteiger partial charge in [0.2, 0.25) is 0 Å². The number of aryl methyl sites for hydroxylation is 1. The van der Waals surface area contributed by atoms with Crippen molar-refractivity contribution in [2.24, 2.45) is 0 Å². The molecule has 0 unspecified atom stereocenters. The van der Waals surface area contributed by atoms with Gasteiger partial charge in [0.05, 0.1) is 12.4 Å². The molecule has 0 aromatic heterocycles. The molecule has 5 nitrogen and oxygen atoms in total. The number of hydrogen-bond donors (Lipinski definition) is 3. The third kappa shape index (κ3) is 1.79. The van der Waals surface area contributed by atoms with Crippen LogP contribution in [0.5, 0.6) is 11.5 Å². The summed E-state index contributed by atoms with van der Waals surface area (Å²) >= 11 is 0. The average molecular weight is 311 g/mol. The van der Waals surface area contributed by atoms with Crippen molar-refractivity contribution < 1.29 is 10.2 Å². The lowest BCUT2D eigenvalue weighted by molar-refractivity contribution is 0.468. The molecule has 5 heteroatoms. The number of hydrogen-bond acceptors (Lipinski definition) is 5. The average Bonchev–Trinajstić information content (AvgIpc) is 2.49. The van der Waals surface area contributed by atoms with Crippen LogP contribution in [-0.4, -0.2) is 16.9 Å². The van der Waals surface area contributed by atoms with Crippen LogP contribution < -0.4 is 15.5 Å². The number of phenolic OH excluding ortho intramolecular Hbond substituents is 2. The van der Waals surface area contributed by atoms with E-state index in [2.05, 4.69) is 16.7 Å². The Balaban J connectivity index is 1.93. The molecular weight excluding hydrogens is 290 g/mol. The minimum atomic E-state index is 0.155. The number of fused-ring (bicyclic) bond motifs is 6. The molecule has 2 aliphatic rings. The minimum absolute atomic E-state index is 0.155. The summed E-state index contributed by atoms with van der Waals surface area (Å²) in [5.74, 6) is 0.508. The number of nitrogens with two attached hydrogens (primary N) is 1. The fourth-order valence-electron chi connectivity index (χ4n) is 3.99. The van der Waals surface area contributed by atoms with E-state index in [1.54, 1.807) is 6.07 Å². The van der Waals surface area contributed by atoms with Crippen molar-refractivity contribution in [1.29, 1.82) is 0 Å². The van der Waals surface area contributed by atoms with Crippen LogP contribution >= 0.6 is 0 Å². The first-order valence-corrected chi connectivity index (χ1v) is 7.81. The largest absolute Gasteiger partial charge is 0.508 e. The van der Waals surface area contributed by atoms with E-state index in [4.69, 9.17) is 5.73 Å². The molecule has 0 fully saturated rings. The standard InChI is InChI=1S/C18H21N3O2/c1-9-4-15(23)16(19)13-7-21-8-20(17(9)13)6-12-5-14(22)10(2)11(3)18(12)21/h4-5,22-23H,6-8,19H2,1-3H3. The molecule has 120 valence electrons. The van der Waals surface area contributed by atoms with Crippen molar-refractivity contribution in [3.05, 3.63) is 39.9 Å². The van der Waals surface area contributed by atoms with Crippen molar-refractivity contribution in [3.63, 3.8) is 0 Å². The molecule has 4 rings (SSSR count). The van der Waals surface area contributed by atoms with Gasteiger partial charge in [-0.15, -0.1) is 0 Å². The van der Waals surface area contributed by atoms with Gasteiger partial charge < -0.3 is 25.7 Å². The molecule has 2 heterocycles. The number of benzene rings is 2. The molecule has 0 radical (unpaired) electrons. The minimum Gasteiger partial charge on any atom is -0.508 e. The second-order valence-corrected chi connectivity index (χ2v) is 6.64. The van der Waals surface area contributed by atoms with Crippen molar-refractivity contribution in [3.8, 4) is 11.5 Å². The highest BCUT2D eigenvalue weighted by molar-refractivity contribution is 5.80. The van der Waals surface area contributed by atoms with Gasteiger partial charge in [-0.1, -0.05) is 0 Å². The van der Waals surface area contributed by atoms with Crippen molar-refractivity contribution in [2.45, 2.75) is 33.9 Å². The van der Waals surface area contributed by atoms with Gasteiger partial charge in [0, 0.05) is 30.0 Å². The van der Waals surface area contributed by atoms with Crippen LogP contribution in [0.1, 0.15) is 27.8 Å². The van der Waals surface area contributed by atoms with Gasteiger partial charge in [-0.2, -0.15) is 0 Å². The van der Waals surface area contributed by atoms with Crippen molar-refractivity contribution in [1.82, 2.24) is 0 Å². The molecule has 23 heavy (non-hydrogen) atoms. The SMILES string of the molecule is Cc1cc(O)c(N)c2c1N1Cc3cc(O)c(C)c(C)c3N(C2)C1. The Morgan fingerprint density at radius 2 is 1.61 bits per heavy atom. The molecule has 0 spiro atoms. The first-order chi connectivity index (χ1) is 10.9. The van der Waals surface area contributed by atoms with Crippen LogP contribution in [-0.2, 0) is 13.1 Å². The summed E-state index contributed by atoms with van der Waals surface area (Å²) in [6, 6.07) is 3.61. The Bertz CT molecular complexity index is 845. The van der Waals surface area contributed by atoms with E-state index in [0.717, 1.165) is 46.7 Å². The molecule has 0 atom stereocenters.